The minimum absolute atomic E-state index is 0.647. The standard InChI is InChI=1S/C18H17NO2/c1-12-4-5-18(21-3)16(9-12)15-10-14-8-13(2)6-7-19(14)17(15)11-20/h4-11H,1-3H3. The molecule has 0 aliphatic rings. The molecule has 3 aromatic rings. The number of pyridine rings is 1. The molecule has 21 heavy (non-hydrogen) atoms. The van der Waals surface area contributed by atoms with Gasteiger partial charge in [0.2, 0.25) is 0 Å². The smallest absolute Gasteiger partial charge is 0.167 e. The number of fused-ring (bicyclic) bond motifs is 1. The van der Waals surface area contributed by atoms with Crippen LogP contribution in [-0.2, 0) is 0 Å². The highest BCUT2D eigenvalue weighted by Gasteiger charge is 2.15. The minimum Gasteiger partial charge on any atom is -0.496 e. The van der Waals surface area contributed by atoms with Gasteiger partial charge in [-0.1, -0.05) is 11.6 Å². The van der Waals surface area contributed by atoms with Crippen molar-refractivity contribution < 1.29 is 9.53 Å². The van der Waals surface area contributed by atoms with Crippen LogP contribution in [0.2, 0.25) is 0 Å². The predicted octanol–water partition coefficient (Wildman–Crippen LogP) is 4.04. The molecule has 106 valence electrons. The highest BCUT2D eigenvalue weighted by atomic mass is 16.5. The van der Waals surface area contributed by atoms with Crippen LogP contribution < -0.4 is 4.74 Å². The number of aromatic nitrogens is 1. The summed E-state index contributed by atoms with van der Waals surface area (Å²) in [7, 11) is 1.65. The summed E-state index contributed by atoms with van der Waals surface area (Å²) in [5.41, 5.74) is 5.80. The third kappa shape index (κ3) is 2.21. The van der Waals surface area contributed by atoms with Gasteiger partial charge in [0, 0.05) is 22.8 Å². The summed E-state index contributed by atoms with van der Waals surface area (Å²) in [6.45, 7) is 4.07. The van der Waals surface area contributed by atoms with E-state index in [9.17, 15) is 4.79 Å². The van der Waals surface area contributed by atoms with Gasteiger partial charge in [0.15, 0.2) is 6.29 Å². The van der Waals surface area contributed by atoms with E-state index in [1.807, 2.05) is 54.8 Å². The maximum atomic E-state index is 11.6. The van der Waals surface area contributed by atoms with Gasteiger partial charge in [0.05, 0.1) is 12.8 Å². The molecule has 0 atom stereocenters. The molecule has 2 aromatic heterocycles. The normalized spacial score (nSPS) is 10.8. The second-order valence-corrected chi connectivity index (χ2v) is 5.26. The number of aryl methyl sites for hydroxylation is 2. The van der Waals surface area contributed by atoms with Crippen LogP contribution in [0.25, 0.3) is 16.6 Å². The number of rotatable bonds is 3. The molecule has 0 N–H and O–H groups in total. The summed E-state index contributed by atoms with van der Waals surface area (Å²) >= 11 is 0. The number of carbonyl (C=O) groups excluding carboxylic acids is 1. The lowest BCUT2D eigenvalue weighted by atomic mass is 10.0. The summed E-state index contributed by atoms with van der Waals surface area (Å²) in [5.74, 6) is 0.774. The van der Waals surface area contributed by atoms with Gasteiger partial charge in [0.25, 0.3) is 0 Å². The van der Waals surface area contributed by atoms with Crippen molar-refractivity contribution in [2.24, 2.45) is 0 Å². The van der Waals surface area contributed by atoms with E-state index in [4.69, 9.17) is 4.74 Å². The Morgan fingerprint density at radius 3 is 2.48 bits per heavy atom. The summed E-state index contributed by atoms with van der Waals surface area (Å²) in [6.07, 6.45) is 2.83. The van der Waals surface area contributed by atoms with Crippen molar-refractivity contribution in [1.82, 2.24) is 4.40 Å². The fraction of sp³-hybridized carbons (Fsp3) is 0.167. The number of nitrogens with zero attached hydrogens (tertiary/aromatic N) is 1. The zero-order chi connectivity index (χ0) is 15.0. The molecule has 3 rings (SSSR count). The molecular weight excluding hydrogens is 262 g/mol. The molecule has 0 bridgehead atoms. The first-order chi connectivity index (χ1) is 10.1. The third-order valence-corrected chi connectivity index (χ3v) is 3.72. The van der Waals surface area contributed by atoms with Crippen LogP contribution in [0.4, 0.5) is 0 Å². The Morgan fingerprint density at radius 2 is 1.76 bits per heavy atom. The number of benzene rings is 1. The number of aldehydes is 1. The maximum absolute atomic E-state index is 11.6. The van der Waals surface area contributed by atoms with E-state index in [0.29, 0.717) is 5.69 Å². The topological polar surface area (TPSA) is 30.7 Å². The largest absolute Gasteiger partial charge is 0.496 e. The van der Waals surface area contributed by atoms with Gasteiger partial charge in [0.1, 0.15) is 5.75 Å². The van der Waals surface area contributed by atoms with Crippen LogP contribution in [0.15, 0.2) is 42.6 Å². The summed E-state index contributed by atoms with van der Waals surface area (Å²) in [6, 6.07) is 12.1. The Hall–Kier alpha value is -2.55. The molecule has 0 amide bonds. The van der Waals surface area contributed by atoms with Crippen molar-refractivity contribution in [3.05, 3.63) is 59.4 Å². The Bertz CT molecular complexity index is 831. The van der Waals surface area contributed by atoms with E-state index in [2.05, 4.69) is 6.07 Å². The lowest BCUT2D eigenvalue weighted by Crippen LogP contribution is -1.94. The molecule has 0 aliphatic carbocycles. The van der Waals surface area contributed by atoms with Crippen LogP contribution in [-0.4, -0.2) is 17.8 Å². The molecule has 3 nitrogen and oxygen atoms in total. The molecule has 0 saturated heterocycles. The molecule has 2 heterocycles. The Morgan fingerprint density at radius 1 is 1.00 bits per heavy atom. The second kappa shape index (κ2) is 5.09. The van der Waals surface area contributed by atoms with Gasteiger partial charge in [-0.2, -0.15) is 0 Å². The molecule has 0 aliphatic heterocycles. The first-order valence-electron chi connectivity index (χ1n) is 6.86. The van der Waals surface area contributed by atoms with Gasteiger partial charge in [-0.05, 0) is 49.7 Å². The highest BCUT2D eigenvalue weighted by Crippen LogP contribution is 2.34. The number of hydrogen-bond acceptors (Lipinski definition) is 2. The van der Waals surface area contributed by atoms with Crippen LogP contribution in [0.3, 0.4) is 0 Å². The van der Waals surface area contributed by atoms with E-state index in [0.717, 1.165) is 34.2 Å². The number of hydrogen-bond donors (Lipinski definition) is 0. The van der Waals surface area contributed by atoms with Crippen LogP contribution in [0.5, 0.6) is 5.75 Å². The van der Waals surface area contributed by atoms with Gasteiger partial charge in [-0.3, -0.25) is 4.79 Å². The molecular formula is C18H17NO2. The first kappa shape index (κ1) is 13.4. The minimum atomic E-state index is 0.647. The molecule has 0 spiro atoms. The monoisotopic (exact) mass is 279 g/mol. The average molecular weight is 279 g/mol. The number of methoxy groups -OCH3 is 1. The summed E-state index contributed by atoms with van der Waals surface area (Å²) in [5, 5.41) is 0. The zero-order valence-corrected chi connectivity index (χ0v) is 12.4. The lowest BCUT2D eigenvalue weighted by Gasteiger charge is -2.09. The van der Waals surface area contributed by atoms with E-state index >= 15 is 0 Å². The number of ether oxygens (including phenoxy) is 1. The van der Waals surface area contributed by atoms with Crippen molar-refractivity contribution in [2.45, 2.75) is 13.8 Å². The van der Waals surface area contributed by atoms with Crippen LogP contribution in [0, 0.1) is 13.8 Å². The van der Waals surface area contributed by atoms with Crippen molar-refractivity contribution in [3.63, 3.8) is 0 Å². The molecule has 0 saturated carbocycles. The maximum Gasteiger partial charge on any atom is 0.167 e. The van der Waals surface area contributed by atoms with Gasteiger partial charge < -0.3 is 9.14 Å². The van der Waals surface area contributed by atoms with Crippen molar-refractivity contribution >= 4 is 11.8 Å². The SMILES string of the molecule is COc1ccc(C)cc1-c1cc2cc(C)ccn2c1C=O. The Kier molecular flexibility index (Phi) is 3.26. The van der Waals surface area contributed by atoms with Gasteiger partial charge >= 0.3 is 0 Å². The fourth-order valence-electron chi connectivity index (χ4n) is 2.68. The van der Waals surface area contributed by atoms with Gasteiger partial charge in [-0.15, -0.1) is 0 Å². The first-order valence-corrected chi connectivity index (χ1v) is 6.86. The zero-order valence-electron chi connectivity index (χ0n) is 12.4. The van der Waals surface area contributed by atoms with Crippen molar-refractivity contribution in [2.75, 3.05) is 7.11 Å². The quantitative estimate of drug-likeness (QED) is 0.677. The lowest BCUT2D eigenvalue weighted by molar-refractivity contribution is 0.111. The highest BCUT2D eigenvalue weighted by molar-refractivity contribution is 5.91. The Balaban J connectivity index is 2.34. The summed E-state index contributed by atoms with van der Waals surface area (Å²) < 4.78 is 7.36. The van der Waals surface area contributed by atoms with Crippen LogP contribution >= 0.6 is 0 Å². The van der Waals surface area contributed by atoms with Crippen molar-refractivity contribution in [1.29, 1.82) is 0 Å². The van der Waals surface area contributed by atoms with E-state index in [-0.39, 0.29) is 0 Å². The molecule has 1 aromatic carbocycles. The molecule has 0 radical (unpaired) electrons. The van der Waals surface area contributed by atoms with E-state index in [1.165, 1.54) is 5.56 Å². The molecule has 0 fully saturated rings. The average Bonchev–Trinajstić information content (AvgIpc) is 2.84. The van der Waals surface area contributed by atoms with Gasteiger partial charge in [-0.25, -0.2) is 0 Å². The molecule has 3 heteroatoms. The van der Waals surface area contributed by atoms with E-state index < -0.39 is 0 Å². The third-order valence-electron chi connectivity index (χ3n) is 3.72. The number of carbonyl (C=O) groups is 1. The Labute approximate surface area is 123 Å². The second-order valence-electron chi connectivity index (χ2n) is 5.26. The van der Waals surface area contributed by atoms with Crippen molar-refractivity contribution in [3.8, 4) is 16.9 Å². The molecule has 0 unspecified atom stereocenters. The predicted molar refractivity (Wildman–Crippen MR) is 84.2 cm³/mol. The van der Waals surface area contributed by atoms with E-state index in [1.54, 1.807) is 7.11 Å². The van der Waals surface area contributed by atoms with Crippen LogP contribution in [0.1, 0.15) is 21.6 Å². The summed E-state index contributed by atoms with van der Waals surface area (Å²) in [4.78, 5) is 11.6. The fourth-order valence-corrected chi connectivity index (χ4v) is 2.68.